The van der Waals surface area contributed by atoms with Gasteiger partial charge in [-0.1, -0.05) is 12.1 Å². The van der Waals surface area contributed by atoms with Crippen molar-refractivity contribution in [3.8, 4) is 5.75 Å². The maximum Gasteiger partial charge on any atom is 0.303 e. The zero-order valence-corrected chi connectivity index (χ0v) is 8.26. The number of carboxylic acid groups (broad SMARTS) is 1. The van der Waals surface area contributed by atoms with Crippen LogP contribution in [-0.4, -0.2) is 28.9 Å². The fourth-order valence-electron chi connectivity index (χ4n) is 1.08. The van der Waals surface area contributed by atoms with Gasteiger partial charge in [0.15, 0.2) is 0 Å². The lowest BCUT2D eigenvalue weighted by atomic mass is 10.2. The lowest BCUT2D eigenvalue weighted by Gasteiger charge is -1.96. The molecule has 0 aliphatic heterocycles. The third-order valence-electron chi connectivity index (χ3n) is 1.84. The predicted octanol–water partition coefficient (Wildman–Crippen LogP) is 1.68. The van der Waals surface area contributed by atoms with Crippen molar-refractivity contribution in [3.63, 3.8) is 0 Å². The zero-order valence-electron chi connectivity index (χ0n) is 8.26. The van der Waals surface area contributed by atoms with E-state index in [-0.39, 0.29) is 12.2 Å². The highest BCUT2D eigenvalue weighted by atomic mass is 16.4. The molecular formula is C11H13NO3. The second-order valence-electron chi connectivity index (χ2n) is 3.09. The van der Waals surface area contributed by atoms with Crippen molar-refractivity contribution in [1.82, 2.24) is 0 Å². The smallest absolute Gasteiger partial charge is 0.303 e. The van der Waals surface area contributed by atoms with Gasteiger partial charge in [-0.2, -0.15) is 0 Å². The summed E-state index contributed by atoms with van der Waals surface area (Å²) in [6.45, 7) is 0.459. The van der Waals surface area contributed by atoms with E-state index in [0.29, 0.717) is 18.5 Å². The molecule has 0 saturated carbocycles. The fraction of sp³-hybridized carbons (Fsp3) is 0.273. The summed E-state index contributed by atoms with van der Waals surface area (Å²) in [4.78, 5) is 14.2. The minimum Gasteiger partial charge on any atom is -0.507 e. The maximum atomic E-state index is 10.2. The van der Waals surface area contributed by atoms with E-state index in [1.54, 1.807) is 30.5 Å². The quantitative estimate of drug-likeness (QED) is 0.570. The highest BCUT2D eigenvalue weighted by Crippen LogP contribution is 2.12. The minimum absolute atomic E-state index is 0.123. The molecule has 0 fully saturated rings. The molecule has 4 heteroatoms. The van der Waals surface area contributed by atoms with E-state index in [1.807, 2.05) is 0 Å². The summed E-state index contributed by atoms with van der Waals surface area (Å²) in [6.07, 6.45) is 2.19. The summed E-state index contributed by atoms with van der Waals surface area (Å²) in [5.41, 5.74) is 0.646. The molecule has 0 bridgehead atoms. The second-order valence-corrected chi connectivity index (χ2v) is 3.09. The Labute approximate surface area is 87.9 Å². The third kappa shape index (κ3) is 4.26. The summed E-state index contributed by atoms with van der Waals surface area (Å²) in [5, 5.41) is 17.8. The normalized spacial score (nSPS) is 10.7. The lowest BCUT2D eigenvalue weighted by Crippen LogP contribution is -1.95. The number of benzene rings is 1. The van der Waals surface area contributed by atoms with Gasteiger partial charge in [0, 0.05) is 24.7 Å². The summed E-state index contributed by atoms with van der Waals surface area (Å²) in [5.74, 6) is -0.632. The number of aliphatic carboxylic acids is 1. The van der Waals surface area contributed by atoms with Crippen molar-refractivity contribution in [2.45, 2.75) is 12.8 Å². The van der Waals surface area contributed by atoms with Crippen molar-refractivity contribution >= 4 is 12.2 Å². The molecule has 0 atom stereocenters. The van der Waals surface area contributed by atoms with Crippen LogP contribution in [-0.2, 0) is 4.79 Å². The molecule has 80 valence electrons. The van der Waals surface area contributed by atoms with Crippen LogP contribution in [0, 0.1) is 0 Å². The van der Waals surface area contributed by atoms with Gasteiger partial charge in [-0.3, -0.25) is 9.79 Å². The van der Waals surface area contributed by atoms with Crippen molar-refractivity contribution in [1.29, 1.82) is 0 Å². The minimum atomic E-state index is -0.812. The van der Waals surface area contributed by atoms with E-state index in [1.165, 1.54) is 0 Å². The SMILES string of the molecule is O=C(O)CCCN=Cc1ccccc1O. The van der Waals surface area contributed by atoms with Crippen molar-refractivity contribution in [2.24, 2.45) is 4.99 Å². The molecular weight excluding hydrogens is 194 g/mol. The number of hydrogen-bond acceptors (Lipinski definition) is 3. The van der Waals surface area contributed by atoms with Gasteiger partial charge in [-0.15, -0.1) is 0 Å². The van der Waals surface area contributed by atoms with Gasteiger partial charge in [0.1, 0.15) is 5.75 Å². The molecule has 0 radical (unpaired) electrons. The Kier molecular flexibility index (Phi) is 4.34. The molecule has 0 aliphatic carbocycles. The number of nitrogens with zero attached hydrogens (tertiary/aromatic N) is 1. The van der Waals surface area contributed by atoms with Crippen LogP contribution in [0.4, 0.5) is 0 Å². The van der Waals surface area contributed by atoms with Crippen LogP contribution in [0.1, 0.15) is 18.4 Å². The van der Waals surface area contributed by atoms with E-state index < -0.39 is 5.97 Å². The van der Waals surface area contributed by atoms with Gasteiger partial charge in [0.25, 0.3) is 0 Å². The predicted molar refractivity (Wildman–Crippen MR) is 57.4 cm³/mol. The van der Waals surface area contributed by atoms with Gasteiger partial charge in [-0.05, 0) is 18.6 Å². The van der Waals surface area contributed by atoms with E-state index in [2.05, 4.69) is 4.99 Å². The number of para-hydroxylation sites is 1. The molecule has 0 amide bonds. The molecule has 0 aliphatic rings. The Bertz CT molecular complexity index is 361. The van der Waals surface area contributed by atoms with Gasteiger partial charge in [-0.25, -0.2) is 0 Å². The maximum absolute atomic E-state index is 10.2. The first-order valence-electron chi connectivity index (χ1n) is 4.70. The molecule has 15 heavy (non-hydrogen) atoms. The van der Waals surface area contributed by atoms with Gasteiger partial charge in [0.05, 0.1) is 0 Å². The third-order valence-corrected chi connectivity index (χ3v) is 1.84. The summed E-state index contributed by atoms with van der Waals surface area (Å²) in [6, 6.07) is 6.87. The van der Waals surface area contributed by atoms with Gasteiger partial charge >= 0.3 is 5.97 Å². The first-order valence-corrected chi connectivity index (χ1v) is 4.70. The van der Waals surface area contributed by atoms with E-state index in [9.17, 15) is 9.90 Å². The molecule has 2 N–H and O–H groups in total. The monoisotopic (exact) mass is 207 g/mol. The Morgan fingerprint density at radius 1 is 1.40 bits per heavy atom. The molecule has 1 aromatic carbocycles. The number of aromatic hydroxyl groups is 1. The number of hydrogen-bond donors (Lipinski definition) is 2. The lowest BCUT2D eigenvalue weighted by molar-refractivity contribution is -0.137. The van der Waals surface area contributed by atoms with Crippen molar-refractivity contribution < 1.29 is 15.0 Å². The Morgan fingerprint density at radius 2 is 2.13 bits per heavy atom. The molecule has 1 rings (SSSR count). The topological polar surface area (TPSA) is 69.9 Å². The molecule has 0 unspecified atom stereocenters. The number of rotatable bonds is 5. The van der Waals surface area contributed by atoms with Crippen LogP contribution in [0.3, 0.4) is 0 Å². The molecule has 0 spiro atoms. The second kappa shape index (κ2) is 5.80. The van der Waals surface area contributed by atoms with Crippen LogP contribution in [0.25, 0.3) is 0 Å². The fourth-order valence-corrected chi connectivity index (χ4v) is 1.08. The zero-order chi connectivity index (χ0) is 11.1. The van der Waals surface area contributed by atoms with E-state index in [4.69, 9.17) is 5.11 Å². The number of carboxylic acids is 1. The number of carbonyl (C=O) groups is 1. The first-order chi connectivity index (χ1) is 7.20. The van der Waals surface area contributed by atoms with Crippen LogP contribution in [0.2, 0.25) is 0 Å². The van der Waals surface area contributed by atoms with E-state index in [0.717, 1.165) is 0 Å². The molecule has 0 aromatic heterocycles. The number of phenolic OH excluding ortho intramolecular Hbond substituents is 1. The molecule has 4 nitrogen and oxygen atoms in total. The largest absolute Gasteiger partial charge is 0.507 e. The first kappa shape index (κ1) is 11.2. The molecule has 1 aromatic rings. The van der Waals surface area contributed by atoms with Crippen LogP contribution in [0.15, 0.2) is 29.3 Å². The van der Waals surface area contributed by atoms with Crippen molar-refractivity contribution in [3.05, 3.63) is 29.8 Å². The summed E-state index contributed by atoms with van der Waals surface area (Å²) in [7, 11) is 0. The van der Waals surface area contributed by atoms with Crippen LogP contribution >= 0.6 is 0 Å². The average Bonchev–Trinajstić information content (AvgIpc) is 2.20. The Hall–Kier alpha value is -1.84. The number of aliphatic imine (C=N–C) groups is 1. The molecule has 0 saturated heterocycles. The standard InChI is InChI=1S/C11H13NO3/c13-10-5-2-1-4-9(10)8-12-7-3-6-11(14)15/h1-2,4-5,8,13H,3,6-7H2,(H,14,15). The summed E-state index contributed by atoms with van der Waals surface area (Å²) >= 11 is 0. The van der Waals surface area contributed by atoms with Crippen LogP contribution in [0.5, 0.6) is 5.75 Å². The van der Waals surface area contributed by atoms with Gasteiger partial charge in [0.2, 0.25) is 0 Å². The molecule has 0 heterocycles. The highest BCUT2D eigenvalue weighted by Gasteiger charge is 1.96. The van der Waals surface area contributed by atoms with E-state index >= 15 is 0 Å². The van der Waals surface area contributed by atoms with Gasteiger partial charge < -0.3 is 10.2 Å². The summed E-state index contributed by atoms with van der Waals surface area (Å²) < 4.78 is 0. The van der Waals surface area contributed by atoms with Crippen molar-refractivity contribution in [2.75, 3.05) is 6.54 Å². The Balaban J connectivity index is 2.38. The van der Waals surface area contributed by atoms with Crippen LogP contribution < -0.4 is 0 Å². The Morgan fingerprint density at radius 3 is 2.80 bits per heavy atom. The highest BCUT2D eigenvalue weighted by molar-refractivity contribution is 5.83. The number of phenols is 1. The average molecular weight is 207 g/mol.